The third-order valence-corrected chi connectivity index (χ3v) is 3.31. The fourth-order valence-corrected chi connectivity index (χ4v) is 1.97. The molecule has 0 bridgehead atoms. The molecule has 0 radical (unpaired) electrons. The maximum Gasteiger partial charge on any atom is 0.371 e. The third kappa shape index (κ3) is 2.37. The lowest BCUT2D eigenvalue weighted by Crippen LogP contribution is -2.09. The minimum atomic E-state index is -1.13. The lowest BCUT2D eigenvalue weighted by atomic mass is 9.93. The minimum absolute atomic E-state index is 0.0662. The molecule has 0 saturated carbocycles. The molecule has 2 rings (SSSR count). The van der Waals surface area contributed by atoms with E-state index in [1.165, 1.54) is 6.07 Å². The normalized spacial score (nSPS) is 11.0. The molecule has 1 heterocycles. The zero-order chi connectivity index (χ0) is 15.0. The first-order valence-corrected chi connectivity index (χ1v) is 6.32. The number of hydrogen-bond donors (Lipinski definition) is 1. The highest BCUT2D eigenvalue weighted by atomic mass is 16.4. The van der Waals surface area contributed by atoms with E-state index >= 15 is 0 Å². The first-order valence-electron chi connectivity index (χ1n) is 6.32. The van der Waals surface area contributed by atoms with Crippen molar-refractivity contribution in [2.24, 2.45) is 5.92 Å². The summed E-state index contributed by atoms with van der Waals surface area (Å²) < 4.78 is 5.22. The molecule has 0 saturated heterocycles. The zero-order valence-electron chi connectivity index (χ0n) is 11.7. The Kier molecular flexibility index (Phi) is 3.49. The second-order valence-electron chi connectivity index (χ2n) is 5.13. The van der Waals surface area contributed by atoms with Crippen molar-refractivity contribution in [2.45, 2.75) is 20.8 Å². The van der Waals surface area contributed by atoms with Gasteiger partial charge in [0.05, 0.1) is 0 Å². The Bertz CT molecular complexity index is 719. The number of ketones is 1. The molecule has 2 aromatic rings. The number of rotatable bonds is 4. The van der Waals surface area contributed by atoms with E-state index in [9.17, 15) is 9.59 Å². The number of carboxylic acid groups (broad SMARTS) is 1. The van der Waals surface area contributed by atoms with Gasteiger partial charge >= 0.3 is 5.97 Å². The first-order chi connectivity index (χ1) is 9.31. The zero-order valence-corrected chi connectivity index (χ0v) is 11.7. The molecular formula is C16H16O4. The van der Waals surface area contributed by atoms with Crippen LogP contribution in [0.1, 0.15) is 40.3 Å². The summed E-state index contributed by atoms with van der Waals surface area (Å²) in [5.41, 5.74) is 2.28. The first kappa shape index (κ1) is 14.1. The number of hydrogen-bond acceptors (Lipinski definition) is 3. The van der Waals surface area contributed by atoms with Crippen LogP contribution < -0.4 is 0 Å². The number of Topliss-reactive ketones (excluding diaryl/α,β-unsaturated/α-hetero) is 1. The number of aryl methyl sites for hydroxylation is 1. The van der Waals surface area contributed by atoms with Crippen LogP contribution in [-0.2, 0) is 0 Å². The van der Waals surface area contributed by atoms with Gasteiger partial charge in [-0.25, -0.2) is 4.79 Å². The lowest BCUT2D eigenvalue weighted by Gasteiger charge is -2.10. The summed E-state index contributed by atoms with van der Waals surface area (Å²) in [6.45, 7) is 9.44. The highest BCUT2D eigenvalue weighted by molar-refractivity contribution is 6.11. The average molecular weight is 272 g/mol. The van der Waals surface area contributed by atoms with Crippen LogP contribution in [0, 0.1) is 12.8 Å². The van der Waals surface area contributed by atoms with Crippen LogP contribution in [0.15, 0.2) is 34.8 Å². The average Bonchev–Trinajstić information content (AvgIpc) is 2.78. The predicted octanol–water partition coefficient (Wildman–Crippen LogP) is 3.83. The van der Waals surface area contributed by atoms with Crippen molar-refractivity contribution < 1.29 is 19.1 Å². The van der Waals surface area contributed by atoms with Gasteiger partial charge in [-0.05, 0) is 42.2 Å². The summed E-state index contributed by atoms with van der Waals surface area (Å²) in [6, 6.07) is 4.77. The lowest BCUT2D eigenvalue weighted by molar-refractivity contribution is 0.0664. The Morgan fingerprint density at radius 3 is 2.45 bits per heavy atom. The van der Waals surface area contributed by atoms with Gasteiger partial charge in [0.1, 0.15) is 5.58 Å². The van der Waals surface area contributed by atoms with Gasteiger partial charge in [-0.2, -0.15) is 0 Å². The van der Waals surface area contributed by atoms with E-state index in [2.05, 4.69) is 6.58 Å². The molecule has 1 aromatic heterocycles. The van der Waals surface area contributed by atoms with E-state index in [0.717, 1.165) is 5.56 Å². The number of benzene rings is 1. The van der Waals surface area contributed by atoms with Gasteiger partial charge in [0, 0.05) is 10.9 Å². The smallest absolute Gasteiger partial charge is 0.371 e. The molecule has 0 aliphatic rings. The van der Waals surface area contributed by atoms with Gasteiger partial charge in [0.2, 0.25) is 5.76 Å². The van der Waals surface area contributed by atoms with Gasteiger partial charge in [-0.15, -0.1) is 0 Å². The molecule has 0 aliphatic heterocycles. The molecule has 0 aliphatic carbocycles. The van der Waals surface area contributed by atoms with Crippen molar-refractivity contribution in [3.05, 3.63) is 47.2 Å². The van der Waals surface area contributed by atoms with Gasteiger partial charge in [0.15, 0.2) is 5.78 Å². The van der Waals surface area contributed by atoms with E-state index < -0.39 is 5.97 Å². The molecule has 104 valence electrons. The monoisotopic (exact) mass is 272 g/mol. The standard InChI is InChI=1S/C16H16O4/c1-8(2)10(4)15(17)12-6-11-7-14(16(18)19)20-13(11)5-9(12)3/h5-8H,4H2,1-3H3,(H,18,19). The summed E-state index contributed by atoms with van der Waals surface area (Å²) in [5, 5.41) is 9.52. The molecule has 0 fully saturated rings. The molecule has 0 amide bonds. The molecule has 1 aromatic carbocycles. The molecule has 20 heavy (non-hydrogen) atoms. The van der Waals surface area contributed by atoms with E-state index in [0.29, 0.717) is 22.1 Å². The van der Waals surface area contributed by atoms with Crippen LogP contribution in [0.2, 0.25) is 0 Å². The fraction of sp³-hybridized carbons (Fsp3) is 0.250. The topological polar surface area (TPSA) is 67.5 Å². The Morgan fingerprint density at radius 2 is 1.90 bits per heavy atom. The molecule has 4 nitrogen and oxygen atoms in total. The summed E-state index contributed by atoms with van der Waals surface area (Å²) >= 11 is 0. The Labute approximate surface area is 116 Å². The molecule has 1 N–H and O–H groups in total. The molecule has 0 spiro atoms. The van der Waals surface area contributed by atoms with Crippen molar-refractivity contribution in [3.8, 4) is 0 Å². The molecule has 0 unspecified atom stereocenters. The van der Waals surface area contributed by atoms with E-state index in [1.54, 1.807) is 19.1 Å². The van der Waals surface area contributed by atoms with E-state index in [1.807, 2.05) is 13.8 Å². The highest BCUT2D eigenvalue weighted by Gasteiger charge is 2.18. The second kappa shape index (κ2) is 4.96. The maximum absolute atomic E-state index is 12.3. The van der Waals surface area contributed by atoms with Gasteiger partial charge in [0.25, 0.3) is 0 Å². The van der Waals surface area contributed by atoms with Crippen LogP contribution >= 0.6 is 0 Å². The van der Waals surface area contributed by atoms with Crippen LogP contribution in [-0.4, -0.2) is 16.9 Å². The largest absolute Gasteiger partial charge is 0.475 e. The second-order valence-corrected chi connectivity index (χ2v) is 5.13. The minimum Gasteiger partial charge on any atom is -0.475 e. The van der Waals surface area contributed by atoms with Crippen LogP contribution in [0.5, 0.6) is 0 Å². The number of furan rings is 1. The van der Waals surface area contributed by atoms with Crippen molar-refractivity contribution in [1.29, 1.82) is 0 Å². The summed E-state index contributed by atoms with van der Waals surface area (Å²) in [5.74, 6) is -1.31. The summed E-state index contributed by atoms with van der Waals surface area (Å²) in [6.07, 6.45) is 0. The van der Waals surface area contributed by atoms with Crippen molar-refractivity contribution >= 4 is 22.7 Å². The quantitative estimate of drug-likeness (QED) is 0.678. The summed E-state index contributed by atoms with van der Waals surface area (Å²) in [4.78, 5) is 23.2. The van der Waals surface area contributed by atoms with Gasteiger partial charge in [-0.1, -0.05) is 20.4 Å². The van der Waals surface area contributed by atoms with Gasteiger partial charge in [-0.3, -0.25) is 4.79 Å². The van der Waals surface area contributed by atoms with Crippen molar-refractivity contribution in [2.75, 3.05) is 0 Å². The number of fused-ring (bicyclic) bond motifs is 1. The number of carbonyl (C=O) groups is 2. The molecule has 0 atom stereocenters. The van der Waals surface area contributed by atoms with Crippen molar-refractivity contribution in [3.63, 3.8) is 0 Å². The Hall–Kier alpha value is -2.36. The number of aromatic carboxylic acids is 1. The third-order valence-electron chi connectivity index (χ3n) is 3.31. The van der Waals surface area contributed by atoms with E-state index in [-0.39, 0.29) is 17.5 Å². The maximum atomic E-state index is 12.3. The Morgan fingerprint density at radius 1 is 1.25 bits per heavy atom. The molecule has 4 heteroatoms. The number of carbonyl (C=O) groups excluding carboxylic acids is 1. The SMILES string of the molecule is C=C(C(=O)c1cc2cc(C(=O)O)oc2cc1C)C(C)C. The molecular weight excluding hydrogens is 256 g/mol. The fourth-order valence-electron chi connectivity index (χ4n) is 1.97. The van der Waals surface area contributed by atoms with E-state index in [4.69, 9.17) is 9.52 Å². The van der Waals surface area contributed by atoms with Crippen LogP contribution in [0.4, 0.5) is 0 Å². The number of carboxylic acids is 1. The van der Waals surface area contributed by atoms with Gasteiger partial charge < -0.3 is 9.52 Å². The highest BCUT2D eigenvalue weighted by Crippen LogP contribution is 2.26. The Balaban J connectivity index is 2.55. The van der Waals surface area contributed by atoms with Crippen LogP contribution in [0.3, 0.4) is 0 Å². The summed E-state index contributed by atoms with van der Waals surface area (Å²) in [7, 11) is 0. The van der Waals surface area contributed by atoms with Crippen LogP contribution in [0.25, 0.3) is 11.0 Å². The predicted molar refractivity (Wildman–Crippen MR) is 76.2 cm³/mol. The van der Waals surface area contributed by atoms with Crippen molar-refractivity contribution in [1.82, 2.24) is 0 Å². The number of allylic oxidation sites excluding steroid dienone is 1.